The predicted octanol–water partition coefficient (Wildman–Crippen LogP) is 8.80. The summed E-state index contributed by atoms with van der Waals surface area (Å²) in [5.41, 5.74) is 1.99. The van der Waals surface area contributed by atoms with Crippen molar-refractivity contribution in [1.82, 2.24) is 0 Å². The third-order valence-corrected chi connectivity index (χ3v) is 12.5. The van der Waals surface area contributed by atoms with Gasteiger partial charge >= 0.3 is 5.97 Å². The summed E-state index contributed by atoms with van der Waals surface area (Å²) in [6.45, 7) is 23.3. The van der Waals surface area contributed by atoms with Crippen molar-refractivity contribution in [2.24, 2.45) is 57.2 Å². The summed E-state index contributed by atoms with van der Waals surface area (Å²) in [7, 11) is 0. The standard InChI is InChI=1S/C34H56O3/c1-11-30(36)37-29(14-15-31(5,6)7)23(4)24-12-16-34(10)26-19-28(35)27-18-21(2)22(3)20-32(27,8)25(26)13-17-33(24,34)9/h19,21-25,27,29H,11-18,20H2,1-10H3/t21-,22+,23+,24-,25?,27+,29-,32-,33-,34+/m1/s1. The van der Waals surface area contributed by atoms with Gasteiger partial charge in [-0.3, -0.25) is 9.59 Å². The highest BCUT2D eigenvalue weighted by Crippen LogP contribution is 2.72. The number of hydrogen-bond donors (Lipinski definition) is 0. The number of ketones is 1. The van der Waals surface area contributed by atoms with Crippen molar-refractivity contribution in [3.63, 3.8) is 0 Å². The van der Waals surface area contributed by atoms with Gasteiger partial charge in [0.2, 0.25) is 0 Å². The van der Waals surface area contributed by atoms with E-state index in [1.54, 1.807) is 0 Å². The smallest absolute Gasteiger partial charge is 0.305 e. The molecule has 3 nitrogen and oxygen atoms in total. The first kappa shape index (κ1) is 28.9. The minimum Gasteiger partial charge on any atom is -0.462 e. The number of allylic oxidation sites excluding steroid dienone is 2. The maximum absolute atomic E-state index is 13.7. The van der Waals surface area contributed by atoms with Gasteiger partial charge in [-0.1, -0.05) is 74.8 Å². The molecule has 0 aliphatic heterocycles. The van der Waals surface area contributed by atoms with Gasteiger partial charge in [0.15, 0.2) is 5.78 Å². The van der Waals surface area contributed by atoms with Gasteiger partial charge in [0.1, 0.15) is 6.10 Å². The van der Waals surface area contributed by atoms with E-state index in [0.29, 0.717) is 41.8 Å². The monoisotopic (exact) mass is 512 g/mol. The largest absolute Gasteiger partial charge is 0.462 e. The summed E-state index contributed by atoms with van der Waals surface area (Å²) in [6.07, 6.45) is 11.5. The minimum absolute atomic E-state index is 0.0295. The molecule has 10 atom stereocenters. The summed E-state index contributed by atoms with van der Waals surface area (Å²) < 4.78 is 6.15. The predicted molar refractivity (Wildman–Crippen MR) is 152 cm³/mol. The van der Waals surface area contributed by atoms with Gasteiger partial charge in [-0.25, -0.2) is 0 Å². The van der Waals surface area contributed by atoms with Gasteiger partial charge in [-0.15, -0.1) is 0 Å². The lowest BCUT2D eigenvalue weighted by Gasteiger charge is -2.61. The Bertz CT molecular complexity index is 926. The van der Waals surface area contributed by atoms with Gasteiger partial charge in [0.05, 0.1) is 0 Å². The highest BCUT2D eigenvalue weighted by Gasteiger charge is 2.65. The molecule has 0 aromatic carbocycles. The lowest BCUT2D eigenvalue weighted by Crippen LogP contribution is -2.56. The normalized spacial score (nSPS) is 43.2. The van der Waals surface area contributed by atoms with Crippen LogP contribution in [0.2, 0.25) is 0 Å². The van der Waals surface area contributed by atoms with Crippen molar-refractivity contribution >= 4 is 11.8 Å². The molecule has 0 aromatic heterocycles. The summed E-state index contributed by atoms with van der Waals surface area (Å²) in [4.78, 5) is 26.2. The van der Waals surface area contributed by atoms with Gasteiger partial charge in [-0.05, 0) is 109 Å². The molecule has 0 heterocycles. The van der Waals surface area contributed by atoms with E-state index in [2.05, 4.69) is 68.4 Å². The average Bonchev–Trinajstić information content (AvgIpc) is 3.09. The third-order valence-electron chi connectivity index (χ3n) is 12.5. The third kappa shape index (κ3) is 4.77. The Balaban J connectivity index is 1.65. The van der Waals surface area contributed by atoms with Crippen LogP contribution in [0.25, 0.3) is 0 Å². The van der Waals surface area contributed by atoms with E-state index in [-0.39, 0.29) is 39.7 Å². The lowest BCUT2D eigenvalue weighted by molar-refractivity contribution is -0.155. The molecule has 0 bridgehead atoms. The topological polar surface area (TPSA) is 43.4 Å². The molecule has 210 valence electrons. The van der Waals surface area contributed by atoms with E-state index in [9.17, 15) is 9.59 Å². The van der Waals surface area contributed by atoms with E-state index in [0.717, 1.165) is 32.1 Å². The molecular formula is C34H56O3. The fourth-order valence-corrected chi connectivity index (χ4v) is 9.67. The summed E-state index contributed by atoms with van der Waals surface area (Å²) in [5, 5.41) is 0. The molecule has 1 unspecified atom stereocenters. The molecule has 0 saturated heterocycles. The SMILES string of the molecule is CCC(=O)O[C@H](CCC(C)(C)C)[C@@H](C)[C@H]1CC[C@@]2(C)C3=CC(=O)[C@@H]4C[C@@H](C)[C@@H](C)C[C@]4(C)C3CC[C@]12C. The van der Waals surface area contributed by atoms with Crippen molar-refractivity contribution in [3.8, 4) is 0 Å². The molecule has 3 fully saturated rings. The number of hydrogen-bond acceptors (Lipinski definition) is 3. The van der Waals surface area contributed by atoms with Gasteiger partial charge in [0.25, 0.3) is 0 Å². The molecule has 4 rings (SSSR count). The zero-order chi connectivity index (χ0) is 27.6. The van der Waals surface area contributed by atoms with Crippen LogP contribution in [0.3, 0.4) is 0 Å². The van der Waals surface area contributed by atoms with E-state index >= 15 is 0 Å². The maximum atomic E-state index is 13.7. The molecule has 0 spiro atoms. The van der Waals surface area contributed by atoms with E-state index < -0.39 is 0 Å². The molecule has 4 aliphatic rings. The van der Waals surface area contributed by atoms with Crippen LogP contribution >= 0.6 is 0 Å². The van der Waals surface area contributed by atoms with Gasteiger partial charge < -0.3 is 4.74 Å². The Hall–Kier alpha value is -1.12. The summed E-state index contributed by atoms with van der Waals surface area (Å²) in [5.74, 6) is 3.21. The second kappa shape index (κ2) is 9.81. The number of ether oxygens (including phenoxy) is 1. The second-order valence-corrected chi connectivity index (χ2v) is 15.8. The number of carbonyl (C=O) groups is 2. The first-order valence-corrected chi connectivity index (χ1v) is 15.5. The average molecular weight is 513 g/mol. The van der Waals surface area contributed by atoms with E-state index in [1.165, 1.54) is 24.8 Å². The Morgan fingerprint density at radius 3 is 2.38 bits per heavy atom. The van der Waals surface area contributed by atoms with Crippen LogP contribution < -0.4 is 0 Å². The first-order chi connectivity index (χ1) is 17.1. The zero-order valence-corrected chi connectivity index (χ0v) is 25.7. The molecule has 0 aromatic rings. The number of fused-ring (bicyclic) bond motifs is 5. The highest BCUT2D eigenvalue weighted by molar-refractivity contribution is 5.94. The van der Waals surface area contributed by atoms with E-state index in [4.69, 9.17) is 4.74 Å². The van der Waals surface area contributed by atoms with Crippen molar-refractivity contribution in [3.05, 3.63) is 11.6 Å². The molecular weight excluding hydrogens is 456 g/mol. The van der Waals surface area contributed by atoms with Crippen LogP contribution in [0.5, 0.6) is 0 Å². The van der Waals surface area contributed by atoms with Crippen molar-refractivity contribution < 1.29 is 14.3 Å². The van der Waals surface area contributed by atoms with Crippen LogP contribution in [0.4, 0.5) is 0 Å². The maximum Gasteiger partial charge on any atom is 0.305 e. The molecule has 3 saturated carbocycles. The van der Waals surface area contributed by atoms with Gasteiger partial charge in [-0.2, -0.15) is 0 Å². The fraction of sp³-hybridized carbons (Fsp3) is 0.882. The van der Waals surface area contributed by atoms with Crippen molar-refractivity contribution in [1.29, 1.82) is 0 Å². The van der Waals surface area contributed by atoms with Crippen molar-refractivity contribution in [2.75, 3.05) is 0 Å². The zero-order valence-electron chi connectivity index (χ0n) is 25.7. The van der Waals surface area contributed by atoms with Gasteiger partial charge in [0, 0.05) is 12.3 Å². The van der Waals surface area contributed by atoms with Crippen LogP contribution in [0.1, 0.15) is 127 Å². The van der Waals surface area contributed by atoms with E-state index in [1.807, 2.05) is 6.92 Å². The molecule has 3 heteroatoms. The summed E-state index contributed by atoms with van der Waals surface area (Å²) >= 11 is 0. The quantitative estimate of drug-likeness (QED) is 0.334. The molecule has 4 aliphatic carbocycles. The number of rotatable bonds is 6. The molecule has 0 amide bonds. The first-order valence-electron chi connectivity index (χ1n) is 15.5. The Labute approximate surface area is 228 Å². The van der Waals surface area contributed by atoms with Crippen LogP contribution in [0, 0.1) is 57.2 Å². The lowest BCUT2D eigenvalue weighted by atomic mass is 9.42. The fourth-order valence-electron chi connectivity index (χ4n) is 9.67. The molecule has 0 N–H and O–H groups in total. The molecule has 0 radical (unpaired) electrons. The Kier molecular flexibility index (Phi) is 7.66. The number of carbonyl (C=O) groups excluding carboxylic acids is 2. The van der Waals surface area contributed by atoms with Crippen molar-refractivity contribution in [2.45, 2.75) is 133 Å². The van der Waals surface area contributed by atoms with Crippen LogP contribution in [-0.2, 0) is 14.3 Å². The number of esters is 1. The van der Waals surface area contributed by atoms with Crippen LogP contribution in [0.15, 0.2) is 11.6 Å². The Morgan fingerprint density at radius 2 is 1.76 bits per heavy atom. The minimum atomic E-state index is -0.0689. The van der Waals surface area contributed by atoms with Crippen LogP contribution in [-0.4, -0.2) is 17.9 Å². The summed E-state index contributed by atoms with van der Waals surface area (Å²) in [6, 6.07) is 0. The molecule has 37 heavy (non-hydrogen) atoms. The second-order valence-electron chi connectivity index (χ2n) is 15.8. The highest BCUT2D eigenvalue weighted by atomic mass is 16.5. The Morgan fingerprint density at radius 1 is 1.08 bits per heavy atom.